The van der Waals surface area contributed by atoms with Crippen molar-refractivity contribution in [3.05, 3.63) is 40.2 Å². The van der Waals surface area contributed by atoms with Gasteiger partial charge in [0.1, 0.15) is 17.2 Å². The summed E-state index contributed by atoms with van der Waals surface area (Å²) in [6.07, 6.45) is 4.38. The van der Waals surface area contributed by atoms with E-state index in [0.717, 1.165) is 30.5 Å². The zero-order chi connectivity index (χ0) is 14.7. The molecular weight excluding hydrogens is 270 g/mol. The average molecular weight is 290 g/mol. The third kappa shape index (κ3) is 2.63. The normalized spacial score (nSPS) is 10.8. The van der Waals surface area contributed by atoms with Crippen molar-refractivity contribution in [1.29, 1.82) is 0 Å². The third-order valence-electron chi connectivity index (χ3n) is 3.58. The van der Waals surface area contributed by atoms with Gasteiger partial charge in [-0.1, -0.05) is 44.5 Å². The molecule has 2 N–H and O–H groups in total. The number of halogens is 1. The van der Waals surface area contributed by atoms with Crippen LogP contribution in [-0.4, -0.2) is 9.97 Å². The quantitative estimate of drug-likeness (QED) is 0.923. The molecule has 0 atom stereocenters. The lowest BCUT2D eigenvalue weighted by molar-refractivity contribution is 1.04. The van der Waals surface area contributed by atoms with Crippen LogP contribution in [0.3, 0.4) is 0 Å². The lowest BCUT2D eigenvalue weighted by Gasteiger charge is -2.16. The molecule has 0 aliphatic heterocycles. The summed E-state index contributed by atoms with van der Waals surface area (Å²) in [6.45, 7) is 6.47. The lowest BCUT2D eigenvalue weighted by Crippen LogP contribution is -2.02. The Morgan fingerprint density at radius 2 is 1.60 bits per heavy atom. The van der Waals surface area contributed by atoms with Crippen LogP contribution in [0.15, 0.2) is 18.5 Å². The Kier molecular flexibility index (Phi) is 4.61. The maximum atomic E-state index is 6.31. The van der Waals surface area contributed by atoms with Gasteiger partial charge in [0.15, 0.2) is 0 Å². The fourth-order valence-corrected chi connectivity index (χ4v) is 2.66. The van der Waals surface area contributed by atoms with Crippen LogP contribution in [0.25, 0.3) is 11.3 Å². The van der Waals surface area contributed by atoms with Crippen molar-refractivity contribution in [2.45, 2.75) is 40.0 Å². The maximum Gasteiger partial charge on any atom is 0.146 e. The van der Waals surface area contributed by atoms with Gasteiger partial charge in [-0.15, -0.1) is 0 Å². The molecule has 106 valence electrons. The summed E-state index contributed by atoms with van der Waals surface area (Å²) in [5.41, 5.74) is 11.6. The summed E-state index contributed by atoms with van der Waals surface area (Å²) in [4.78, 5) is 8.30. The van der Waals surface area contributed by atoms with Crippen molar-refractivity contribution >= 4 is 17.4 Å². The van der Waals surface area contributed by atoms with Crippen LogP contribution in [0.5, 0.6) is 0 Å². The van der Waals surface area contributed by atoms with E-state index < -0.39 is 0 Å². The summed E-state index contributed by atoms with van der Waals surface area (Å²) in [5, 5.41) is 0.446. The van der Waals surface area contributed by atoms with E-state index in [4.69, 9.17) is 17.3 Å². The standard InChI is InChI=1S/C16H20ClN3/c1-4-10-7-11(5-2)13(12(6-3)8-10)15-14(17)16(18)20-9-19-15/h7-9H,4-6H2,1-3H3,(H2,18,19,20). The summed E-state index contributed by atoms with van der Waals surface area (Å²) in [6, 6.07) is 4.48. The van der Waals surface area contributed by atoms with E-state index in [1.54, 1.807) is 0 Å². The second kappa shape index (κ2) is 6.23. The molecule has 0 spiro atoms. The van der Waals surface area contributed by atoms with E-state index in [1.807, 2.05) is 0 Å². The summed E-state index contributed by atoms with van der Waals surface area (Å²) in [7, 11) is 0. The smallest absolute Gasteiger partial charge is 0.146 e. The fraction of sp³-hybridized carbons (Fsp3) is 0.375. The molecule has 20 heavy (non-hydrogen) atoms. The number of aromatic nitrogens is 2. The first-order valence-corrected chi connectivity index (χ1v) is 7.41. The molecule has 0 bridgehead atoms. The Labute approximate surface area is 125 Å². The van der Waals surface area contributed by atoms with Crippen molar-refractivity contribution in [2.75, 3.05) is 5.73 Å². The zero-order valence-electron chi connectivity index (χ0n) is 12.2. The van der Waals surface area contributed by atoms with Gasteiger partial charge in [0.2, 0.25) is 0 Å². The van der Waals surface area contributed by atoms with Crippen LogP contribution < -0.4 is 5.73 Å². The zero-order valence-corrected chi connectivity index (χ0v) is 13.0. The molecule has 0 aliphatic carbocycles. The van der Waals surface area contributed by atoms with Gasteiger partial charge in [-0.05, 0) is 36.0 Å². The van der Waals surface area contributed by atoms with Gasteiger partial charge >= 0.3 is 0 Å². The van der Waals surface area contributed by atoms with E-state index in [0.29, 0.717) is 10.8 Å². The molecule has 0 unspecified atom stereocenters. The first-order valence-electron chi connectivity index (χ1n) is 7.03. The van der Waals surface area contributed by atoms with Gasteiger partial charge in [0, 0.05) is 5.56 Å². The van der Waals surface area contributed by atoms with Gasteiger partial charge in [-0.3, -0.25) is 0 Å². The maximum absolute atomic E-state index is 6.31. The summed E-state index contributed by atoms with van der Waals surface area (Å²) >= 11 is 6.31. The molecule has 1 heterocycles. The molecule has 1 aromatic carbocycles. The SMILES string of the molecule is CCc1cc(CC)c(-c2ncnc(N)c2Cl)c(CC)c1. The molecule has 0 aliphatic rings. The number of aryl methyl sites for hydroxylation is 3. The van der Waals surface area contributed by atoms with Gasteiger partial charge in [0.25, 0.3) is 0 Å². The second-order valence-electron chi connectivity index (χ2n) is 4.77. The van der Waals surface area contributed by atoms with Crippen LogP contribution in [0.4, 0.5) is 5.82 Å². The molecule has 0 amide bonds. The van der Waals surface area contributed by atoms with E-state index in [9.17, 15) is 0 Å². The highest BCUT2D eigenvalue weighted by molar-refractivity contribution is 6.35. The Balaban J connectivity index is 2.74. The first kappa shape index (κ1) is 14.8. The van der Waals surface area contributed by atoms with Gasteiger partial charge in [0.05, 0.1) is 5.69 Å². The molecule has 2 aromatic rings. The van der Waals surface area contributed by atoms with E-state index >= 15 is 0 Å². The monoisotopic (exact) mass is 289 g/mol. The van der Waals surface area contributed by atoms with Crippen LogP contribution in [-0.2, 0) is 19.3 Å². The molecule has 4 heteroatoms. The van der Waals surface area contributed by atoms with Crippen molar-refractivity contribution in [3.63, 3.8) is 0 Å². The number of nitrogen functional groups attached to an aromatic ring is 1. The largest absolute Gasteiger partial charge is 0.382 e. The Hall–Kier alpha value is -1.61. The second-order valence-corrected chi connectivity index (χ2v) is 5.15. The van der Waals surface area contributed by atoms with Gasteiger partial charge in [-0.2, -0.15) is 0 Å². The summed E-state index contributed by atoms with van der Waals surface area (Å²) < 4.78 is 0. The van der Waals surface area contributed by atoms with Crippen LogP contribution in [0.1, 0.15) is 37.5 Å². The lowest BCUT2D eigenvalue weighted by atomic mass is 9.91. The molecule has 3 nitrogen and oxygen atoms in total. The average Bonchev–Trinajstić information content (AvgIpc) is 2.48. The minimum atomic E-state index is 0.334. The molecule has 0 radical (unpaired) electrons. The molecule has 0 saturated carbocycles. The molecular formula is C16H20ClN3. The molecule has 1 aromatic heterocycles. The number of hydrogen-bond donors (Lipinski definition) is 1. The first-order chi connectivity index (χ1) is 9.62. The third-order valence-corrected chi connectivity index (χ3v) is 3.96. The topological polar surface area (TPSA) is 51.8 Å². The van der Waals surface area contributed by atoms with Crippen molar-refractivity contribution in [2.24, 2.45) is 0 Å². The van der Waals surface area contributed by atoms with Crippen LogP contribution in [0, 0.1) is 0 Å². The number of benzene rings is 1. The Morgan fingerprint density at radius 3 is 2.10 bits per heavy atom. The number of nitrogens with two attached hydrogens (primary N) is 1. The van der Waals surface area contributed by atoms with Crippen molar-refractivity contribution < 1.29 is 0 Å². The minimum absolute atomic E-state index is 0.334. The molecule has 2 rings (SSSR count). The van der Waals surface area contributed by atoms with Gasteiger partial charge < -0.3 is 5.73 Å². The minimum Gasteiger partial charge on any atom is -0.382 e. The van der Waals surface area contributed by atoms with Gasteiger partial charge in [-0.25, -0.2) is 9.97 Å². The summed E-state index contributed by atoms with van der Waals surface area (Å²) in [5.74, 6) is 0.334. The molecule has 0 fully saturated rings. The van der Waals surface area contributed by atoms with Crippen molar-refractivity contribution in [3.8, 4) is 11.3 Å². The van der Waals surface area contributed by atoms with Crippen molar-refractivity contribution in [1.82, 2.24) is 9.97 Å². The number of nitrogens with zero attached hydrogens (tertiary/aromatic N) is 2. The fourth-order valence-electron chi connectivity index (χ4n) is 2.46. The number of rotatable bonds is 4. The highest BCUT2D eigenvalue weighted by Crippen LogP contribution is 2.35. The highest BCUT2D eigenvalue weighted by atomic mass is 35.5. The predicted molar refractivity (Wildman–Crippen MR) is 85.0 cm³/mol. The van der Waals surface area contributed by atoms with Crippen LogP contribution in [0.2, 0.25) is 5.02 Å². The van der Waals surface area contributed by atoms with Crippen LogP contribution >= 0.6 is 11.6 Å². The van der Waals surface area contributed by atoms with E-state index in [2.05, 4.69) is 42.9 Å². The number of hydrogen-bond acceptors (Lipinski definition) is 3. The Morgan fingerprint density at radius 1 is 1.00 bits per heavy atom. The highest BCUT2D eigenvalue weighted by Gasteiger charge is 2.16. The predicted octanol–water partition coefficient (Wildman–Crippen LogP) is 4.07. The van der Waals surface area contributed by atoms with E-state index in [1.165, 1.54) is 23.0 Å². The van der Waals surface area contributed by atoms with E-state index in [-0.39, 0.29) is 0 Å². The number of anilines is 1. The Bertz CT molecular complexity index is 598. The molecule has 0 saturated heterocycles.